The van der Waals surface area contributed by atoms with Crippen LogP contribution in [0.3, 0.4) is 0 Å². The lowest BCUT2D eigenvalue weighted by Crippen LogP contribution is -2.29. The number of allylic oxidation sites excluding steroid dienone is 3. The van der Waals surface area contributed by atoms with E-state index >= 15 is 0 Å². The lowest BCUT2D eigenvalue weighted by atomic mass is 9.99. The molecule has 0 radical (unpaired) electrons. The maximum absolute atomic E-state index is 12.5. The standard InChI is InChI=1S/C20H26N2O6S/c1-28-20(23)14-5-3-2-4-9-16-10-8-11-17(16)15-21-29(26,27)19-13-7-6-12-18(19)22(24)25/h2,4,6-7,10,12-13,17,21H,3,5,8-9,11,14-15H2,1H3/b4-2-/t17-/m1/s1. The molecule has 0 unspecified atom stereocenters. The van der Waals surface area contributed by atoms with E-state index in [0.717, 1.165) is 37.7 Å². The topological polar surface area (TPSA) is 116 Å². The molecule has 0 saturated heterocycles. The van der Waals surface area contributed by atoms with Crippen LogP contribution in [0, 0.1) is 16.0 Å². The highest BCUT2D eigenvalue weighted by Gasteiger charge is 2.27. The fraction of sp³-hybridized carbons (Fsp3) is 0.450. The number of carbonyl (C=O) groups excluding carboxylic acids is 1. The number of nitro benzene ring substituents is 1. The first-order chi connectivity index (χ1) is 13.8. The fourth-order valence-corrected chi connectivity index (χ4v) is 4.48. The molecule has 1 N–H and O–H groups in total. The van der Waals surface area contributed by atoms with Crippen molar-refractivity contribution in [2.75, 3.05) is 13.7 Å². The molecule has 0 spiro atoms. The van der Waals surface area contributed by atoms with E-state index in [0.29, 0.717) is 6.42 Å². The van der Waals surface area contributed by atoms with Crippen LogP contribution in [0.1, 0.15) is 38.5 Å². The predicted molar refractivity (Wildman–Crippen MR) is 109 cm³/mol. The Kier molecular flexibility index (Phi) is 8.53. The van der Waals surface area contributed by atoms with E-state index in [1.165, 1.54) is 31.4 Å². The zero-order valence-corrected chi connectivity index (χ0v) is 17.2. The fourth-order valence-electron chi connectivity index (χ4n) is 3.23. The van der Waals surface area contributed by atoms with Gasteiger partial charge < -0.3 is 4.74 Å². The zero-order chi connectivity index (χ0) is 21.3. The molecule has 8 nitrogen and oxygen atoms in total. The maximum Gasteiger partial charge on any atom is 0.305 e. The number of nitrogens with zero attached hydrogens (tertiary/aromatic N) is 1. The molecule has 1 aromatic rings. The SMILES string of the molecule is COC(=O)CCC/C=C\CC1=CCC[C@@H]1CNS(=O)(=O)c1ccccc1[N+](=O)[O-]. The van der Waals surface area contributed by atoms with E-state index in [9.17, 15) is 23.3 Å². The summed E-state index contributed by atoms with van der Waals surface area (Å²) >= 11 is 0. The van der Waals surface area contributed by atoms with Crippen molar-refractivity contribution in [2.24, 2.45) is 5.92 Å². The number of nitrogens with one attached hydrogen (secondary N) is 1. The number of ether oxygens (including phenoxy) is 1. The molecular formula is C20H26N2O6S. The summed E-state index contributed by atoms with van der Waals surface area (Å²) < 4.78 is 32.2. The van der Waals surface area contributed by atoms with Gasteiger partial charge in [0.15, 0.2) is 4.90 Å². The van der Waals surface area contributed by atoms with Crippen molar-refractivity contribution in [3.63, 3.8) is 0 Å². The molecule has 0 amide bonds. The smallest absolute Gasteiger partial charge is 0.305 e. The first-order valence-corrected chi connectivity index (χ1v) is 11.0. The van der Waals surface area contributed by atoms with Gasteiger partial charge >= 0.3 is 5.97 Å². The van der Waals surface area contributed by atoms with Crippen LogP contribution >= 0.6 is 0 Å². The average molecular weight is 423 g/mol. The maximum atomic E-state index is 12.5. The van der Waals surface area contributed by atoms with Crippen LogP contribution in [0.5, 0.6) is 0 Å². The van der Waals surface area contributed by atoms with Gasteiger partial charge in [0.2, 0.25) is 10.0 Å². The largest absolute Gasteiger partial charge is 0.469 e. The van der Waals surface area contributed by atoms with Gasteiger partial charge in [-0.05, 0) is 44.1 Å². The molecule has 0 fully saturated rings. The molecule has 2 rings (SSSR count). The highest BCUT2D eigenvalue weighted by atomic mass is 32.2. The summed E-state index contributed by atoms with van der Waals surface area (Å²) in [7, 11) is -2.60. The number of methoxy groups -OCH3 is 1. The van der Waals surface area contributed by atoms with E-state index in [1.807, 2.05) is 12.2 Å². The Morgan fingerprint density at radius 1 is 1.34 bits per heavy atom. The first-order valence-electron chi connectivity index (χ1n) is 9.49. The monoisotopic (exact) mass is 422 g/mol. The zero-order valence-electron chi connectivity index (χ0n) is 16.4. The Morgan fingerprint density at radius 2 is 2.10 bits per heavy atom. The van der Waals surface area contributed by atoms with E-state index in [1.54, 1.807) is 0 Å². The predicted octanol–water partition coefficient (Wildman–Crippen LogP) is 3.50. The minimum absolute atomic E-state index is 0.0623. The van der Waals surface area contributed by atoms with E-state index in [4.69, 9.17) is 0 Å². The highest BCUT2D eigenvalue weighted by Crippen LogP contribution is 2.29. The molecule has 0 heterocycles. The minimum Gasteiger partial charge on any atom is -0.469 e. The third-order valence-electron chi connectivity index (χ3n) is 4.82. The van der Waals surface area contributed by atoms with Crippen molar-refractivity contribution in [1.82, 2.24) is 4.72 Å². The Balaban J connectivity index is 1.88. The number of hydrogen-bond donors (Lipinski definition) is 1. The van der Waals surface area contributed by atoms with Crippen molar-refractivity contribution < 1.29 is 22.9 Å². The van der Waals surface area contributed by atoms with Crippen molar-refractivity contribution in [3.8, 4) is 0 Å². The molecule has 158 valence electrons. The number of para-hydroxylation sites is 1. The van der Waals surface area contributed by atoms with Crippen molar-refractivity contribution in [3.05, 3.63) is 58.2 Å². The van der Waals surface area contributed by atoms with E-state index in [2.05, 4.69) is 15.5 Å². The minimum atomic E-state index is -3.97. The Morgan fingerprint density at radius 3 is 2.83 bits per heavy atom. The van der Waals surface area contributed by atoms with Crippen LogP contribution in [0.15, 0.2) is 53.0 Å². The van der Waals surface area contributed by atoms with Crippen LogP contribution in [0.4, 0.5) is 5.69 Å². The van der Waals surface area contributed by atoms with Gasteiger partial charge in [-0.2, -0.15) is 0 Å². The summed E-state index contributed by atoms with van der Waals surface area (Å²) in [5.41, 5.74) is 0.719. The molecule has 0 aliphatic heterocycles. The molecule has 0 bridgehead atoms. The van der Waals surface area contributed by atoms with Gasteiger partial charge in [0.25, 0.3) is 5.69 Å². The quantitative estimate of drug-likeness (QED) is 0.192. The number of rotatable bonds is 11. The molecule has 0 aromatic heterocycles. The van der Waals surface area contributed by atoms with Crippen LogP contribution < -0.4 is 4.72 Å². The second kappa shape index (κ2) is 10.9. The number of sulfonamides is 1. The summed E-state index contributed by atoms with van der Waals surface area (Å²) in [6.07, 6.45) is 10.5. The lowest BCUT2D eigenvalue weighted by Gasteiger charge is -2.15. The number of nitro groups is 1. The second-order valence-electron chi connectivity index (χ2n) is 6.77. The normalized spacial score (nSPS) is 16.7. The molecule has 1 aliphatic carbocycles. The molecular weight excluding hydrogens is 396 g/mol. The molecule has 1 aliphatic rings. The van der Waals surface area contributed by atoms with Crippen LogP contribution in [-0.2, 0) is 19.6 Å². The van der Waals surface area contributed by atoms with Gasteiger partial charge in [-0.15, -0.1) is 0 Å². The number of hydrogen-bond acceptors (Lipinski definition) is 6. The van der Waals surface area contributed by atoms with Gasteiger partial charge in [-0.25, -0.2) is 13.1 Å². The van der Waals surface area contributed by atoms with Gasteiger partial charge in [-0.1, -0.05) is 35.9 Å². The number of carbonyl (C=O) groups is 1. The van der Waals surface area contributed by atoms with E-state index in [-0.39, 0.29) is 23.3 Å². The molecule has 29 heavy (non-hydrogen) atoms. The van der Waals surface area contributed by atoms with Crippen LogP contribution in [0.25, 0.3) is 0 Å². The summed E-state index contributed by atoms with van der Waals surface area (Å²) in [6.45, 7) is 0.205. The third kappa shape index (κ3) is 6.79. The third-order valence-corrected chi connectivity index (χ3v) is 6.29. The van der Waals surface area contributed by atoms with Gasteiger partial charge in [-0.3, -0.25) is 14.9 Å². The van der Waals surface area contributed by atoms with Crippen molar-refractivity contribution in [1.29, 1.82) is 0 Å². The lowest BCUT2D eigenvalue weighted by molar-refractivity contribution is -0.387. The molecule has 1 aromatic carbocycles. The summed E-state index contributed by atoms with van der Waals surface area (Å²) in [4.78, 5) is 21.1. The highest BCUT2D eigenvalue weighted by molar-refractivity contribution is 7.89. The molecule has 0 saturated carbocycles. The van der Waals surface area contributed by atoms with Gasteiger partial charge in [0, 0.05) is 19.0 Å². The summed E-state index contributed by atoms with van der Waals surface area (Å²) in [5.74, 6) is -0.157. The summed E-state index contributed by atoms with van der Waals surface area (Å²) in [6, 6.07) is 5.32. The number of esters is 1. The second-order valence-corrected chi connectivity index (χ2v) is 8.51. The van der Waals surface area contributed by atoms with Crippen molar-refractivity contribution >= 4 is 21.7 Å². The molecule has 9 heteroatoms. The number of unbranched alkanes of at least 4 members (excludes halogenated alkanes) is 1. The first kappa shape index (κ1) is 22.8. The van der Waals surface area contributed by atoms with Crippen LogP contribution in [-0.4, -0.2) is 33.0 Å². The van der Waals surface area contributed by atoms with Crippen LogP contribution in [0.2, 0.25) is 0 Å². The van der Waals surface area contributed by atoms with E-state index < -0.39 is 20.6 Å². The Hall–Kier alpha value is -2.52. The molecule has 1 atom stereocenters. The Bertz CT molecular complexity index is 892. The number of benzene rings is 1. The van der Waals surface area contributed by atoms with Gasteiger partial charge in [0.1, 0.15) is 0 Å². The van der Waals surface area contributed by atoms with Gasteiger partial charge in [0.05, 0.1) is 12.0 Å². The Labute approximate surface area is 170 Å². The average Bonchev–Trinajstić information content (AvgIpc) is 3.16. The van der Waals surface area contributed by atoms with Crippen molar-refractivity contribution in [2.45, 2.75) is 43.4 Å². The summed E-state index contributed by atoms with van der Waals surface area (Å²) in [5, 5.41) is 11.1.